The summed E-state index contributed by atoms with van der Waals surface area (Å²) in [5, 5.41) is 23.3. The fourth-order valence-corrected chi connectivity index (χ4v) is 2.42. The Morgan fingerprint density at radius 1 is 1.20 bits per heavy atom. The zero-order valence-corrected chi connectivity index (χ0v) is 13.0. The Bertz CT molecular complexity index is 909. The van der Waals surface area contributed by atoms with Crippen LogP contribution >= 0.6 is 0 Å². The molecule has 3 rings (SSSR count). The number of nitrogens with zero attached hydrogens (tertiary/aromatic N) is 1. The molecule has 0 bridgehead atoms. The summed E-state index contributed by atoms with van der Waals surface area (Å²) >= 11 is 0. The standard InChI is InChI=1S/C18H16N2O4.CH4/c1-24-15-9-11(4-7-14(15)21)10-20-18(23)13-6-5-12-3-2-8-19-16(12)17(13)22;/h2-9,21-22H,10H2,1H3,(H,20,23);1H4. The highest BCUT2D eigenvalue weighted by atomic mass is 16.5. The number of amides is 1. The lowest BCUT2D eigenvalue weighted by Gasteiger charge is -2.10. The molecule has 0 atom stereocenters. The topological polar surface area (TPSA) is 91.7 Å². The lowest BCUT2D eigenvalue weighted by atomic mass is 10.1. The van der Waals surface area contributed by atoms with Crippen molar-refractivity contribution in [2.45, 2.75) is 14.0 Å². The number of methoxy groups -OCH3 is 1. The second-order valence-corrected chi connectivity index (χ2v) is 5.23. The maximum atomic E-state index is 12.3. The summed E-state index contributed by atoms with van der Waals surface area (Å²) in [6.07, 6.45) is 1.56. The average Bonchev–Trinajstić information content (AvgIpc) is 2.61. The number of nitrogens with one attached hydrogen (secondary N) is 1. The van der Waals surface area contributed by atoms with E-state index >= 15 is 0 Å². The van der Waals surface area contributed by atoms with Crippen molar-refractivity contribution < 1.29 is 19.7 Å². The van der Waals surface area contributed by atoms with Crippen LogP contribution < -0.4 is 10.1 Å². The Morgan fingerprint density at radius 3 is 2.76 bits per heavy atom. The zero-order valence-electron chi connectivity index (χ0n) is 13.0. The third-order valence-electron chi connectivity index (χ3n) is 3.69. The summed E-state index contributed by atoms with van der Waals surface area (Å²) in [6.45, 7) is 0.231. The van der Waals surface area contributed by atoms with E-state index in [9.17, 15) is 15.0 Å². The van der Waals surface area contributed by atoms with Crippen molar-refractivity contribution in [3.8, 4) is 17.2 Å². The van der Waals surface area contributed by atoms with Gasteiger partial charge in [-0.1, -0.05) is 25.6 Å². The average molecular weight is 340 g/mol. The van der Waals surface area contributed by atoms with Crippen LogP contribution in [-0.4, -0.2) is 28.2 Å². The molecule has 1 amide bonds. The summed E-state index contributed by atoms with van der Waals surface area (Å²) in [7, 11) is 1.46. The molecule has 3 N–H and O–H groups in total. The number of phenols is 2. The van der Waals surface area contributed by atoms with Gasteiger partial charge >= 0.3 is 0 Å². The Hall–Kier alpha value is -3.28. The highest BCUT2D eigenvalue weighted by Gasteiger charge is 2.14. The first-order valence-corrected chi connectivity index (χ1v) is 7.31. The van der Waals surface area contributed by atoms with Gasteiger partial charge in [0.15, 0.2) is 17.2 Å². The van der Waals surface area contributed by atoms with E-state index in [1.165, 1.54) is 13.2 Å². The number of carbonyl (C=O) groups is 1. The van der Waals surface area contributed by atoms with Crippen molar-refractivity contribution >= 4 is 16.8 Å². The van der Waals surface area contributed by atoms with Crippen LogP contribution in [-0.2, 0) is 6.54 Å². The van der Waals surface area contributed by atoms with Gasteiger partial charge in [0.05, 0.1) is 12.7 Å². The molecule has 6 heteroatoms. The summed E-state index contributed by atoms with van der Waals surface area (Å²) in [6, 6.07) is 11.7. The Labute approximate surface area is 145 Å². The van der Waals surface area contributed by atoms with Crippen LogP contribution in [0.3, 0.4) is 0 Å². The molecule has 0 radical (unpaired) electrons. The quantitative estimate of drug-likeness (QED) is 0.678. The predicted molar refractivity (Wildman–Crippen MR) is 96.0 cm³/mol. The molecule has 2 aromatic carbocycles. The molecule has 0 saturated carbocycles. The fraction of sp³-hybridized carbons (Fsp3) is 0.158. The predicted octanol–water partition coefficient (Wildman–Crippen LogP) is 3.22. The van der Waals surface area contributed by atoms with Crippen molar-refractivity contribution in [3.63, 3.8) is 0 Å². The van der Waals surface area contributed by atoms with E-state index < -0.39 is 5.91 Å². The molecule has 3 aromatic rings. The molecule has 0 unspecified atom stereocenters. The summed E-state index contributed by atoms with van der Waals surface area (Å²) in [5.74, 6) is -0.189. The number of benzene rings is 2. The second kappa shape index (κ2) is 7.53. The number of phenolic OH excluding ortho intramolecular Hbond substituents is 2. The van der Waals surface area contributed by atoms with Gasteiger partial charge in [-0.05, 0) is 29.8 Å². The number of carbonyl (C=O) groups excluding carboxylic acids is 1. The minimum Gasteiger partial charge on any atom is -0.505 e. The smallest absolute Gasteiger partial charge is 0.255 e. The van der Waals surface area contributed by atoms with E-state index in [1.807, 2.05) is 6.07 Å². The van der Waals surface area contributed by atoms with Gasteiger partial charge in [0.25, 0.3) is 5.91 Å². The summed E-state index contributed by atoms with van der Waals surface area (Å²) < 4.78 is 5.03. The molecule has 0 saturated heterocycles. The minimum absolute atomic E-state index is 0. The molecule has 0 spiro atoms. The van der Waals surface area contributed by atoms with Crippen LogP contribution in [0.15, 0.2) is 48.7 Å². The molecule has 130 valence electrons. The fourth-order valence-electron chi connectivity index (χ4n) is 2.42. The first-order valence-electron chi connectivity index (χ1n) is 7.31. The van der Waals surface area contributed by atoms with Crippen LogP contribution in [0, 0.1) is 0 Å². The molecule has 25 heavy (non-hydrogen) atoms. The second-order valence-electron chi connectivity index (χ2n) is 5.23. The van der Waals surface area contributed by atoms with Gasteiger partial charge in [-0.3, -0.25) is 9.78 Å². The van der Waals surface area contributed by atoms with Gasteiger partial charge in [0.2, 0.25) is 0 Å². The van der Waals surface area contributed by atoms with E-state index in [0.717, 1.165) is 10.9 Å². The van der Waals surface area contributed by atoms with E-state index in [2.05, 4.69) is 10.3 Å². The summed E-state index contributed by atoms with van der Waals surface area (Å²) in [4.78, 5) is 16.4. The number of fused-ring (bicyclic) bond motifs is 1. The van der Waals surface area contributed by atoms with E-state index in [4.69, 9.17) is 4.74 Å². The van der Waals surface area contributed by atoms with Gasteiger partial charge in [-0.2, -0.15) is 0 Å². The number of ether oxygens (including phenoxy) is 1. The van der Waals surface area contributed by atoms with E-state index in [-0.39, 0.29) is 31.0 Å². The van der Waals surface area contributed by atoms with Gasteiger partial charge in [0.1, 0.15) is 5.52 Å². The summed E-state index contributed by atoms with van der Waals surface area (Å²) in [5.41, 5.74) is 1.31. The first kappa shape index (κ1) is 18.1. The van der Waals surface area contributed by atoms with Gasteiger partial charge in [-0.25, -0.2) is 0 Å². The van der Waals surface area contributed by atoms with E-state index in [1.54, 1.807) is 36.5 Å². The van der Waals surface area contributed by atoms with Crippen molar-refractivity contribution in [3.05, 3.63) is 59.8 Å². The first-order chi connectivity index (χ1) is 11.6. The normalized spacial score (nSPS) is 10.1. The highest BCUT2D eigenvalue weighted by molar-refractivity contribution is 6.02. The van der Waals surface area contributed by atoms with Crippen molar-refractivity contribution in [1.82, 2.24) is 10.3 Å². The maximum Gasteiger partial charge on any atom is 0.255 e. The number of pyridine rings is 1. The number of rotatable bonds is 4. The molecular weight excluding hydrogens is 320 g/mol. The van der Waals surface area contributed by atoms with Crippen LogP contribution in [0.2, 0.25) is 0 Å². The van der Waals surface area contributed by atoms with E-state index in [0.29, 0.717) is 11.3 Å². The van der Waals surface area contributed by atoms with Gasteiger partial charge in [0, 0.05) is 18.1 Å². The van der Waals surface area contributed by atoms with Crippen LogP contribution in [0.4, 0.5) is 0 Å². The maximum absolute atomic E-state index is 12.3. The number of aromatic nitrogens is 1. The third kappa shape index (κ3) is 3.63. The largest absolute Gasteiger partial charge is 0.505 e. The lowest BCUT2D eigenvalue weighted by Crippen LogP contribution is -2.22. The molecule has 1 heterocycles. The van der Waals surface area contributed by atoms with Crippen molar-refractivity contribution in [2.75, 3.05) is 7.11 Å². The number of hydrogen-bond donors (Lipinski definition) is 3. The minimum atomic E-state index is -0.410. The molecule has 0 aliphatic rings. The molecule has 1 aromatic heterocycles. The van der Waals surface area contributed by atoms with Crippen LogP contribution in [0.1, 0.15) is 23.3 Å². The van der Waals surface area contributed by atoms with Gasteiger partial charge in [-0.15, -0.1) is 0 Å². The molecule has 0 aliphatic heterocycles. The highest BCUT2D eigenvalue weighted by Crippen LogP contribution is 2.28. The van der Waals surface area contributed by atoms with Crippen LogP contribution in [0.25, 0.3) is 10.9 Å². The Morgan fingerprint density at radius 2 is 2.00 bits per heavy atom. The third-order valence-corrected chi connectivity index (χ3v) is 3.69. The van der Waals surface area contributed by atoms with Crippen LogP contribution in [0.5, 0.6) is 17.2 Å². The Balaban J connectivity index is 0.00000225. The van der Waals surface area contributed by atoms with Gasteiger partial charge < -0.3 is 20.3 Å². The molecule has 0 aliphatic carbocycles. The monoisotopic (exact) mass is 340 g/mol. The van der Waals surface area contributed by atoms with Crippen molar-refractivity contribution in [1.29, 1.82) is 0 Å². The zero-order chi connectivity index (χ0) is 17.1. The number of hydrogen-bond acceptors (Lipinski definition) is 5. The molecule has 6 nitrogen and oxygen atoms in total. The molecule has 0 fully saturated rings. The number of aromatic hydroxyl groups is 2. The lowest BCUT2D eigenvalue weighted by molar-refractivity contribution is 0.0948. The van der Waals surface area contributed by atoms with Crippen molar-refractivity contribution in [2.24, 2.45) is 0 Å². The SMILES string of the molecule is C.COc1cc(CNC(=O)c2ccc3cccnc3c2O)ccc1O. The Kier molecular flexibility index (Phi) is 5.44. The molecular formula is C19H20N2O4.